The van der Waals surface area contributed by atoms with Crippen molar-refractivity contribution in [2.45, 2.75) is 25.3 Å². The number of nitrogens with zero attached hydrogens (tertiary/aromatic N) is 3. The molecular weight excluding hydrogens is 207 g/mol. The summed E-state index contributed by atoms with van der Waals surface area (Å²) < 4.78 is 14.9. The molecule has 0 spiro atoms. The van der Waals surface area contributed by atoms with Crippen LogP contribution in [0.1, 0.15) is 31.1 Å². The molecule has 84 valence electrons. The zero-order valence-electron chi connectivity index (χ0n) is 8.86. The second-order valence-corrected chi connectivity index (χ2v) is 4.14. The second-order valence-electron chi connectivity index (χ2n) is 4.14. The quantitative estimate of drug-likeness (QED) is 0.795. The predicted molar refractivity (Wildman–Crippen MR) is 57.5 cm³/mol. The first-order chi connectivity index (χ1) is 7.84. The summed E-state index contributed by atoms with van der Waals surface area (Å²) in [7, 11) is 0. The van der Waals surface area contributed by atoms with Crippen LogP contribution in [0, 0.1) is 5.82 Å². The van der Waals surface area contributed by atoms with E-state index in [-0.39, 0.29) is 11.9 Å². The minimum atomic E-state index is -0.260. The van der Waals surface area contributed by atoms with Gasteiger partial charge in [0, 0.05) is 6.20 Å². The van der Waals surface area contributed by atoms with Gasteiger partial charge in [-0.1, -0.05) is 6.42 Å². The standard InChI is InChI=1S/C11H13FN4/c12-8-4-5-10-14-15-11(16(10)7-8)9-3-1-2-6-13-9/h4-5,7,9,13H,1-3,6H2. The summed E-state index contributed by atoms with van der Waals surface area (Å²) in [6, 6.07) is 3.25. The first-order valence-electron chi connectivity index (χ1n) is 5.58. The third-order valence-electron chi connectivity index (χ3n) is 3.01. The van der Waals surface area contributed by atoms with E-state index in [0.717, 1.165) is 18.8 Å². The number of rotatable bonds is 1. The average molecular weight is 220 g/mol. The maximum absolute atomic E-state index is 13.2. The van der Waals surface area contributed by atoms with E-state index >= 15 is 0 Å². The van der Waals surface area contributed by atoms with E-state index in [2.05, 4.69) is 15.5 Å². The van der Waals surface area contributed by atoms with Crippen molar-refractivity contribution in [2.75, 3.05) is 6.54 Å². The van der Waals surface area contributed by atoms with Crippen molar-refractivity contribution < 1.29 is 4.39 Å². The van der Waals surface area contributed by atoms with Gasteiger partial charge in [0.25, 0.3) is 0 Å². The molecule has 1 aliphatic rings. The van der Waals surface area contributed by atoms with Gasteiger partial charge in [-0.25, -0.2) is 4.39 Å². The van der Waals surface area contributed by atoms with Gasteiger partial charge in [-0.15, -0.1) is 10.2 Å². The Morgan fingerprint density at radius 1 is 1.31 bits per heavy atom. The third-order valence-corrected chi connectivity index (χ3v) is 3.01. The molecule has 16 heavy (non-hydrogen) atoms. The van der Waals surface area contributed by atoms with Gasteiger partial charge < -0.3 is 5.32 Å². The molecule has 5 heteroatoms. The van der Waals surface area contributed by atoms with Crippen LogP contribution < -0.4 is 5.32 Å². The summed E-state index contributed by atoms with van der Waals surface area (Å²) in [5, 5.41) is 11.6. The third kappa shape index (κ3) is 1.57. The van der Waals surface area contributed by atoms with Crippen LogP contribution in [0.3, 0.4) is 0 Å². The first kappa shape index (κ1) is 9.72. The van der Waals surface area contributed by atoms with Crippen LogP contribution >= 0.6 is 0 Å². The maximum Gasteiger partial charge on any atom is 0.160 e. The highest BCUT2D eigenvalue weighted by Gasteiger charge is 2.20. The van der Waals surface area contributed by atoms with Crippen LogP contribution in [0.15, 0.2) is 18.3 Å². The number of piperidine rings is 1. The lowest BCUT2D eigenvalue weighted by Crippen LogP contribution is -2.28. The van der Waals surface area contributed by atoms with Crippen molar-refractivity contribution >= 4 is 5.65 Å². The minimum Gasteiger partial charge on any atom is -0.307 e. The summed E-state index contributed by atoms with van der Waals surface area (Å²) in [6.07, 6.45) is 4.86. The summed E-state index contributed by atoms with van der Waals surface area (Å²) >= 11 is 0. The molecule has 0 saturated carbocycles. The van der Waals surface area contributed by atoms with Gasteiger partial charge in [0.2, 0.25) is 0 Å². The molecule has 0 aromatic carbocycles. The SMILES string of the molecule is Fc1ccc2nnc(C3CCCCN3)n2c1. The summed E-state index contributed by atoms with van der Waals surface area (Å²) in [6.45, 7) is 0.995. The Morgan fingerprint density at radius 3 is 3.06 bits per heavy atom. The Bertz CT molecular complexity index is 502. The van der Waals surface area contributed by atoms with Crippen molar-refractivity contribution in [3.63, 3.8) is 0 Å². The molecule has 1 atom stereocenters. The number of hydrogen-bond acceptors (Lipinski definition) is 3. The van der Waals surface area contributed by atoms with E-state index < -0.39 is 0 Å². The normalized spacial score (nSPS) is 21.4. The number of fused-ring (bicyclic) bond motifs is 1. The highest BCUT2D eigenvalue weighted by Crippen LogP contribution is 2.21. The van der Waals surface area contributed by atoms with Gasteiger partial charge in [0.05, 0.1) is 6.04 Å². The molecule has 1 fully saturated rings. The molecule has 2 aromatic rings. The largest absolute Gasteiger partial charge is 0.307 e. The molecule has 3 heterocycles. The number of nitrogens with one attached hydrogen (secondary N) is 1. The first-order valence-corrected chi connectivity index (χ1v) is 5.58. The Hall–Kier alpha value is -1.49. The zero-order chi connectivity index (χ0) is 11.0. The van der Waals surface area contributed by atoms with E-state index in [4.69, 9.17) is 0 Å². The number of halogens is 1. The minimum absolute atomic E-state index is 0.200. The molecule has 0 aliphatic carbocycles. The molecule has 0 radical (unpaired) electrons. The monoisotopic (exact) mass is 220 g/mol. The molecule has 1 N–H and O–H groups in total. The van der Waals surface area contributed by atoms with Gasteiger partial charge in [0.1, 0.15) is 5.82 Å². The molecule has 0 amide bonds. The van der Waals surface area contributed by atoms with Crippen LogP contribution in [0.5, 0.6) is 0 Å². The Morgan fingerprint density at radius 2 is 2.25 bits per heavy atom. The molecule has 1 unspecified atom stereocenters. The summed E-state index contributed by atoms with van der Waals surface area (Å²) in [5.41, 5.74) is 0.698. The van der Waals surface area contributed by atoms with Gasteiger partial charge in [-0.05, 0) is 31.5 Å². The predicted octanol–water partition coefficient (Wildman–Crippen LogP) is 1.68. The van der Waals surface area contributed by atoms with Crippen molar-refractivity contribution in [1.29, 1.82) is 0 Å². The van der Waals surface area contributed by atoms with Crippen LogP contribution in [0.4, 0.5) is 4.39 Å². The van der Waals surface area contributed by atoms with E-state index in [1.165, 1.54) is 25.1 Å². The zero-order valence-corrected chi connectivity index (χ0v) is 8.86. The lowest BCUT2D eigenvalue weighted by Gasteiger charge is -2.21. The number of aromatic nitrogens is 3. The van der Waals surface area contributed by atoms with Gasteiger partial charge >= 0.3 is 0 Å². The molecule has 0 bridgehead atoms. The smallest absolute Gasteiger partial charge is 0.160 e. The van der Waals surface area contributed by atoms with E-state index in [1.807, 2.05) is 0 Å². The molecule has 3 rings (SSSR count). The number of pyridine rings is 1. The topological polar surface area (TPSA) is 42.2 Å². The maximum atomic E-state index is 13.2. The number of hydrogen-bond donors (Lipinski definition) is 1. The fraction of sp³-hybridized carbons (Fsp3) is 0.455. The van der Waals surface area contributed by atoms with Gasteiger partial charge in [-0.3, -0.25) is 4.40 Å². The van der Waals surface area contributed by atoms with Crippen molar-refractivity contribution in [1.82, 2.24) is 19.9 Å². The average Bonchev–Trinajstić information content (AvgIpc) is 2.73. The highest BCUT2D eigenvalue weighted by atomic mass is 19.1. The van der Waals surface area contributed by atoms with E-state index in [1.54, 1.807) is 10.5 Å². The molecular formula is C11H13FN4. The molecule has 1 saturated heterocycles. The van der Waals surface area contributed by atoms with Crippen LogP contribution in [-0.2, 0) is 0 Å². The fourth-order valence-electron chi connectivity index (χ4n) is 2.19. The highest BCUT2D eigenvalue weighted by molar-refractivity contribution is 5.38. The Balaban J connectivity index is 2.05. The van der Waals surface area contributed by atoms with E-state index in [9.17, 15) is 4.39 Å². The summed E-state index contributed by atoms with van der Waals surface area (Å²) in [4.78, 5) is 0. The Kier molecular flexibility index (Phi) is 2.32. The molecule has 4 nitrogen and oxygen atoms in total. The van der Waals surface area contributed by atoms with Crippen LogP contribution in [0.2, 0.25) is 0 Å². The molecule has 2 aromatic heterocycles. The molecule has 1 aliphatic heterocycles. The van der Waals surface area contributed by atoms with Crippen molar-refractivity contribution in [3.05, 3.63) is 30.0 Å². The van der Waals surface area contributed by atoms with E-state index in [0.29, 0.717) is 5.65 Å². The lowest BCUT2D eigenvalue weighted by atomic mass is 10.0. The van der Waals surface area contributed by atoms with Crippen LogP contribution in [-0.4, -0.2) is 21.1 Å². The van der Waals surface area contributed by atoms with Crippen molar-refractivity contribution in [2.24, 2.45) is 0 Å². The second kappa shape index (κ2) is 3.83. The van der Waals surface area contributed by atoms with Gasteiger partial charge in [0.15, 0.2) is 11.5 Å². The summed E-state index contributed by atoms with van der Waals surface area (Å²) in [5.74, 6) is 0.554. The van der Waals surface area contributed by atoms with Crippen molar-refractivity contribution in [3.8, 4) is 0 Å². The van der Waals surface area contributed by atoms with Crippen LogP contribution in [0.25, 0.3) is 5.65 Å². The fourth-order valence-corrected chi connectivity index (χ4v) is 2.19. The Labute approximate surface area is 92.5 Å². The van der Waals surface area contributed by atoms with Gasteiger partial charge in [-0.2, -0.15) is 0 Å². The lowest BCUT2D eigenvalue weighted by molar-refractivity contribution is 0.394.